The van der Waals surface area contributed by atoms with Crippen LogP contribution in [0.1, 0.15) is 58.6 Å². The Morgan fingerprint density at radius 3 is 2.33 bits per heavy atom. The Hall–Kier alpha value is -4.84. The number of carbonyl (C=O) groups excluding carboxylic acids is 2. The zero-order valence-corrected chi connectivity index (χ0v) is 25.8. The molecule has 3 heterocycles. The molecule has 234 valence electrons. The number of fused-ring (bicyclic) bond motifs is 1. The normalized spacial score (nSPS) is 11.9. The lowest BCUT2D eigenvalue weighted by atomic mass is 10.1. The number of anilines is 1. The maximum Gasteiger partial charge on any atom is 0.436 e. The van der Waals surface area contributed by atoms with Crippen molar-refractivity contribution in [2.75, 3.05) is 11.9 Å². The number of hydrogen-bond acceptors (Lipinski definition) is 6. The molecule has 9 nitrogen and oxygen atoms in total. The van der Waals surface area contributed by atoms with E-state index in [2.05, 4.69) is 10.2 Å². The first-order chi connectivity index (χ1) is 21.1. The van der Waals surface area contributed by atoms with Crippen LogP contribution < -0.4 is 9.64 Å². The highest BCUT2D eigenvalue weighted by Crippen LogP contribution is 2.37. The predicted molar refractivity (Wildman–Crippen MR) is 162 cm³/mol. The monoisotopic (exact) mass is 639 g/mol. The van der Waals surface area contributed by atoms with Crippen LogP contribution in [0.2, 0.25) is 5.02 Å². The van der Waals surface area contributed by atoms with Gasteiger partial charge in [-0.1, -0.05) is 17.7 Å². The summed E-state index contributed by atoms with van der Waals surface area (Å²) in [4.78, 5) is 27.2. The Bertz CT molecular complexity index is 1890. The van der Waals surface area contributed by atoms with Gasteiger partial charge >= 0.3 is 12.1 Å². The van der Waals surface area contributed by atoms with Crippen LogP contribution in [0, 0.1) is 6.92 Å². The van der Waals surface area contributed by atoms with E-state index in [-0.39, 0.29) is 28.3 Å². The zero-order chi connectivity index (χ0) is 32.7. The van der Waals surface area contributed by atoms with E-state index in [1.165, 1.54) is 41.3 Å². The van der Waals surface area contributed by atoms with Gasteiger partial charge in [-0.25, -0.2) is 14.0 Å². The molecule has 1 amide bonds. The van der Waals surface area contributed by atoms with E-state index in [1.807, 2.05) is 13.0 Å². The molecule has 0 aliphatic carbocycles. The topological polar surface area (TPSA) is 91.0 Å². The first kappa shape index (κ1) is 31.6. The van der Waals surface area contributed by atoms with Crippen LogP contribution in [0.25, 0.3) is 11.2 Å². The third kappa shape index (κ3) is 6.96. The van der Waals surface area contributed by atoms with Crippen molar-refractivity contribution in [3.05, 3.63) is 106 Å². The number of halogens is 4. The number of alkyl halides is 3. The standard InChI is InChI=1S/C32H29ClF3N5O4/c1-19-15-24-17-22(13-14-40(24)37-19)39(5)29(42)21-7-6-8-23(16-21)41-26(27(33)28(38-41)32(34,35)36)18-44-25-11-9-20(10-12-25)30(43)45-31(2,3)4/h6-17H,18H2,1-5H3. The smallest absolute Gasteiger partial charge is 0.436 e. The summed E-state index contributed by atoms with van der Waals surface area (Å²) in [5, 5.41) is 7.46. The lowest BCUT2D eigenvalue weighted by Gasteiger charge is -2.19. The highest BCUT2D eigenvalue weighted by atomic mass is 35.5. The average molecular weight is 640 g/mol. The Balaban J connectivity index is 1.42. The minimum Gasteiger partial charge on any atom is -0.487 e. The van der Waals surface area contributed by atoms with Crippen molar-refractivity contribution < 1.29 is 32.2 Å². The van der Waals surface area contributed by atoms with Crippen molar-refractivity contribution in [3.63, 3.8) is 0 Å². The lowest BCUT2D eigenvalue weighted by Crippen LogP contribution is -2.26. The summed E-state index contributed by atoms with van der Waals surface area (Å²) in [5.41, 5.74) is 0.842. The molecule has 2 aromatic carbocycles. The molecule has 3 aromatic heterocycles. The molecular weight excluding hydrogens is 611 g/mol. The number of esters is 1. The number of hydrogen-bond donors (Lipinski definition) is 0. The van der Waals surface area contributed by atoms with Gasteiger partial charge in [-0.2, -0.15) is 23.4 Å². The second-order valence-electron chi connectivity index (χ2n) is 11.3. The Morgan fingerprint density at radius 2 is 1.67 bits per heavy atom. The number of aromatic nitrogens is 4. The van der Waals surface area contributed by atoms with Crippen LogP contribution >= 0.6 is 11.6 Å². The fraction of sp³-hybridized carbons (Fsp3) is 0.250. The first-order valence-corrected chi connectivity index (χ1v) is 14.1. The minimum absolute atomic E-state index is 0.0836. The molecule has 5 rings (SSSR count). The summed E-state index contributed by atoms with van der Waals surface area (Å²) in [6.45, 7) is 6.71. The third-order valence-electron chi connectivity index (χ3n) is 6.65. The second kappa shape index (κ2) is 11.9. The van der Waals surface area contributed by atoms with E-state index >= 15 is 0 Å². The number of rotatable bonds is 7. The Morgan fingerprint density at radius 1 is 0.956 bits per heavy atom. The molecule has 0 unspecified atom stereocenters. The molecule has 0 aliphatic rings. The summed E-state index contributed by atoms with van der Waals surface area (Å²) < 4.78 is 55.4. The van der Waals surface area contributed by atoms with Crippen molar-refractivity contribution in [2.24, 2.45) is 0 Å². The van der Waals surface area contributed by atoms with Crippen molar-refractivity contribution >= 4 is 34.7 Å². The molecule has 0 N–H and O–H groups in total. The van der Waals surface area contributed by atoms with Gasteiger partial charge in [0.15, 0.2) is 5.69 Å². The van der Waals surface area contributed by atoms with Crippen LogP contribution in [0.15, 0.2) is 72.9 Å². The van der Waals surface area contributed by atoms with Gasteiger partial charge in [0, 0.05) is 24.5 Å². The Kier molecular flexibility index (Phi) is 8.37. The van der Waals surface area contributed by atoms with Crippen LogP contribution in [-0.4, -0.2) is 43.9 Å². The molecule has 0 fully saturated rings. The van der Waals surface area contributed by atoms with Crippen LogP contribution in [0.3, 0.4) is 0 Å². The second-order valence-corrected chi connectivity index (χ2v) is 11.7. The SMILES string of the molecule is Cc1cc2cc(N(C)C(=O)c3cccc(-n4nc(C(F)(F)F)c(Cl)c4COc4ccc(C(=O)OC(C)(C)C)cc4)c3)ccn2n1. The average Bonchev–Trinajstić information content (AvgIpc) is 3.52. The van der Waals surface area contributed by atoms with Crippen molar-refractivity contribution in [1.29, 1.82) is 0 Å². The maximum absolute atomic E-state index is 13.9. The number of benzene rings is 2. The molecule has 0 saturated carbocycles. The van der Waals surface area contributed by atoms with E-state index in [1.54, 1.807) is 62.8 Å². The van der Waals surface area contributed by atoms with Gasteiger partial charge in [0.25, 0.3) is 5.91 Å². The lowest BCUT2D eigenvalue weighted by molar-refractivity contribution is -0.141. The zero-order valence-electron chi connectivity index (χ0n) is 25.0. The molecule has 0 spiro atoms. The van der Waals surface area contributed by atoms with Gasteiger partial charge in [0.2, 0.25) is 0 Å². The summed E-state index contributed by atoms with van der Waals surface area (Å²) in [6, 6.07) is 17.4. The van der Waals surface area contributed by atoms with Gasteiger partial charge in [-0.3, -0.25) is 4.79 Å². The van der Waals surface area contributed by atoms with Gasteiger partial charge in [-0.05, 0) is 88.4 Å². The number of ether oxygens (including phenoxy) is 2. The molecular formula is C32H29ClF3N5O4. The van der Waals surface area contributed by atoms with Crippen LogP contribution in [0.4, 0.5) is 18.9 Å². The number of nitrogens with zero attached hydrogens (tertiary/aromatic N) is 5. The molecule has 0 bridgehead atoms. The molecule has 45 heavy (non-hydrogen) atoms. The summed E-state index contributed by atoms with van der Waals surface area (Å²) in [5.74, 6) is -0.646. The minimum atomic E-state index is -4.84. The van der Waals surface area contributed by atoms with Crippen molar-refractivity contribution in [3.8, 4) is 11.4 Å². The molecule has 5 aromatic rings. The van der Waals surface area contributed by atoms with Gasteiger partial charge in [-0.15, -0.1) is 0 Å². The van der Waals surface area contributed by atoms with Crippen molar-refractivity contribution in [1.82, 2.24) is 19.4 Å². The molecule has 0 radical (unpaired) electrons. The number of aryl methyl sites for hydroxylation is 1. The fourth-order valence-corrected chi connectivity index (χ4v) is 4.81. The van der Waals surface area contributed by atoms with Crippen LogP contribution in [-0.2, 0) is 17.5 Å². The van der Waals surface area contributed by atoms with E-state index < -0.39 is 41.0 Å². The highest BCUT2D eigenvalue weighted by molar-refractivity contribution is 6.32. The Labute approximate surface area is 261 Å². The molecule has 0 aliphatic heterocycles. The predicted octanol–water partition coefficient (Wildman–Crippen LogP) is 7.31. The summed E-state index contributed by atoms with van der Waals surface area (Å²) >= 11 is 6.21. The molecule has 13 heteroatoms. The van der Waals surface area contributed by atoms with Crippen LogP contribution in [0.5, 0.6) is 5.75 Å². The third-order valence-corrected chi connectivity index (χ3v) is 7.05. The number of carbonyl (C=O) groups is 2. The van der Waals surface area contributed by atoms with Gasteiger partial charge in [0.1, 0.15) is 23.7 Å². The van der Waals surface area contributed by atoms with E-state index in [0.29, 0.717) is 5.69 Å². The van der Waals surface area contributed by atoms with Gasteiger partial charge in [0.05, 0.1) is 27.5 Å². The first-order valence-electron chi connectivity index (χ1n) is 13.8. The van der Waals surface area contributed by atoms with E-state index in [0.717, 1.165) is 15.9 Å². The number of pyridine rings is 1. The quantitative estimate of drug-likeness (QED) is 0.174. The maximum atomic E-state index is 13.9. The largest absolute Gasteiger partial charge is 0.487 e. The van der Waals surface area contributed by atoms with E-state index in [4.69, 9.17) is 21.1 Å². The van der Waals surface area contributed by atoms with E-state index in [9.17, 15) is 22.8 Å². The summed E-state index contributed by atoms with van der Waals surface area (Å²) in [7, 11) is 1.60. The highest BCUT2D eigenvalue weighted by Gasteiger charge is 2.39. The summed E-state index contributed by atoms with van der Waals surface area (Å²) in [6.07, 6.45) is -3.11. The molecule has 0 atom stereocenters. The number of amides is 1. The molecule has 0 saturated heterocycles. The fourth-order valence-electron chi connectivity index (χ4n) is 4.53. The van der Waals surface area contributed by atoms with Crippen molar-refractivity contribution in [2.45, 2.75) is 46.1 Å². The van der Waals surface area contributed by atoms with Gasteiger partial charge < -0.3 is 14.4 Å².